The predicted octanol–water partition coefficient (Wildman–Crippen LogP) is 6.48. The van der Waals surface area contributed by atoms with Crippen LogP contribution >= 0.6 is 11.6 Å². The Morgan fingerprint density at radius 3 is 2.47 bits per heavy atom. The van der Waals surface area contributed by atoms with E-state index in [-0.39, 0.29) is 11.6 Å². The van der Waals surface area contributed by atoms with Gasteiger partial charge in [-0.05, 0) is 61.6 Å². The maximum atomic E-state index is 14.3. The lowest BCUT2D eigenvalue weighted by molar-refractivity contribution is -0.142. The van der Waals surface area contributed by atoms with Gasteiger partial charge in [0.2, 0.25) is 0 Å². The fourth-order valence-electron chi connectivity index (χ4n) is 4.90. The second kappa shape index (κ2) is 11.2. The van der Waals surface area contributed by atoms with Crippen molar-refractivity contribution in [1.29, 1.82) is 0 Å². The van der Waals surface area contributed by atoms with Gasteiger partial charge in [0, 0.05) is 23.4 Å². The van der Waals surface area contributed by atoms with Crippen molar-refractivity contribution >= 4 is 17.6 Å². The van der Waals surface area contributed by atoms with Crippen molar-refractivity contribution in [3.63, 3.8) is 0 Å². The lowest BCUT2D eigenvalue weighted by Crippen LogP contribution is -2.23. The number of carboxylic acid groups (broad SMARTS) is 1. The standard InChI is InChI=1S/C27H30ClFN2O3/c1-2-24-26(20-6-4-3-5-7-20)27(21-12-13-22(28)23(29)14-21)30-31(24)15-18-8-10-19(11-9-18)16-34-17-25(32)33/h3-7,12-14,18-19H,2,8-11,15-17H2,1H3,(H,32,33)/t18-,19-. The summed E-state index contributed by atoms with van der Waals surface area (Å²) in [6.07, 6.45) is 4.96. The van der Waals surface area contributed by atoms with Gasteiger partial charge in [0.15, 0.2) is 0 Å². The number of hydrogen-bond donors (Lipinski definition) is 1. The quantitative estimate of drug-likeness (QED) is 0.377. The molecule has 0 bridgehead atoms. The molecule has 1 N–H and O–H groups in total. The minimum atomic E-state index is -0.926. The highest BCUT2D eigenvalue weighted by atomic mass is 35.5. The van der Waals surface area contributed by atoms with Crippen molar-refractivity contribution in [2.24, 2.45) is 11.8 Å². The molecule has 5 nitrogen and oxygen atoms in total. The highest BCUT2D eigenvalue weighted by Gasteiger charge is 2.25. The summed E-state index contributed by atoms with van der Waals surface area (Å²) in [7, 11) is 0. The second-order valence-electron chi connectivity index (χ2n) is 9.00. The summed E-state index contributed by atoms with van der Waals surface area (Å²) in [4.78, 5) is 10.7. The first-order valence-corrected chi connectivity index (χ1v) is 12.2. The zero-order chi connectivity index (χ0) is 24.1. The zero-order valence-electron chi connectivity index (χ0n) is 19.3. The predicted molar refractivity (Wildman–Crippen MR) is 131 cm³/mol. The van der Waals surface area contributed by atoms with Crippen molar-refractivity contribution in [2.75, 3.05) is 13.2 Å². The molecule has 7 heteroatoms. The summed E-state index contributed by atoms with van der Waals surface area (Å²) in [5.74, 6) is -0.482. The molecule has 1 fully saturated rings. The van der Waals surface area contributed by atoms with Crippen LogP contribution in [0, 0.1) is 17.7 Å². The highest BCUT2D eigenvalue weighted by Crippen LogP contribution is 2.37. The van der Waals surface area contributed by atoms with Gasteiger partial charge in [-0.2, -0.15) is 5.10 Å². The minimum absolute atomic E-state index is 0.101. The fourth-order valence-corrected chi connectivity index (χ4v) is 5.02. The number of nitrogens with zero attached hydrogens (tertiary/aromatic N) is 2. The van der Waals surface area contributed by atoms with Crippen LogP contribution in [-0.2, 0) is 22.5 Å². The largest absolute Gasteiger partial charge is 0.480 e. The molecule has 0 spiro atoms. The first-order chi connectivity index (χ1) is 16.5. The summed E-state index contributed by atoms with van der Waals surface area (Å²) in [6.45, 7) is 3.21. The van der Waals surface area contributed by atoms with Gasteiger partial charge < -0.3 is 9.84 Å². The first-order valence-electron chi connectivity index (χ1n) is 11.9. The summed E-state index contributed by atoms with van der Waals surface area (Å²) < 4.78 is 21.7. The molecule has 2 aromatic carbocycles. The van der Waals surface area contributed by atoms with Gasteiger partial charge in [-0.25, -0.2) is 9.18 Å². The molecule has 1 saturated carbocycles. The van der Waals surface area contributed by atoms with Crippen molar-refractivity contribution in [3.05, 3.63) is 65.1 Å². The molecule has 0 radical (unpaired) electrons. The molecular weight excluding hydrogens is 455 g/mol. The Morgan fingerprint density at radius 1 is 1.12 bits per heavy atom. The molecule has 1 aliphatic rings. The molecule has 0 saturated heterocycles. The van der Waals surface area contributed by atoms with Crippen molar-refractivity contribution in [2.45, 2.75) is 45.6 Å². The van der Waals surface area contributed by atoms with E-state index >= 15 is 0 Å². The van der Waals surface area contributed by atoms with Gasteiger partial charge in [-0.1, -0.05) is 54.9 Å². The van der Waals surface area contributed by atoms with E-state index in [2.05, 4.69) is 23.7 Å². The molecular formula is C27H30ClFN2O3. The maximum Gasteiger partial charge on any atom is 0.329 e. The van der Waals surface area contributed by atoms with E-state index in [1.165, 1.54) is 6.07 Å². The Labute approximate surface area is 204 Å². The van der Waals surface area contributed by atoms with Gasteiger partial charge in [-0.3, -0.25) is 4.68 Å². The third-order valence-corrected chi connectivity index (χ3v) is 6.93. The molecule has 0 atom stereocenters. The van der Waals surface area contributed by atoms with E-state index < -0.39 is 11.8 Å². The lowest BCUT2D eigenvalue weighted by Gasteiger charge is -2.28. The molecule has 1 heterocycles. The van der Waals surface area contributed by atoms with E-state index in [0.29, 0.717) is 24.0 Å². The summed E-state index contributed by atoms with van der Waals surface area (Å²) in [6, 6.07) is 15.0. The van der Waals surface area contributed by atoms with Crippen LogP contribution in [0.5, 0.6) is 0 Å². The van der Waals surface area contributed by atoms with Crippen LogP contribution in [0.2, 0.25) is 5.02 Å². The highest BCUT2D eigenvalue weighted by molar-refractivity contribution is 6.30. The van der Waals surface area contributed by atoms with Gasteiger partial charge >= 0.3 is 5.97 Å². The van der Waals surface area contributed by atoms with Crippen LogP contribution < -0.4 is 0 Å². The number of carboxylic acids is 1. The number of aliphatic carboxylic acids is 1. The molecule has 34 heavy (non-hydrogen) atoms. The van der Waals surface area contributed by atoms with Gasteiger partial charge in [-0.15, -0.1) is 0 Å². The smallest absolute Gasteiger partial charge is 0.329 e. The van der Waals surface area contributed by atoms with E-state index in [1.807, 2.05) is 24.3 Å². The van der Waals surface area contributed by atoms with Crippen LogP contribution in [0.4, 0.5) is 4.39 Å². The van der Waals surface area contributed by atoms with E-state index in [1.54, 1.807) is 6.07 Å². The molecule has 180 valence electrons. The number of aromatic nitrogens is 2. The molecule has 3 aromatic rings. The molecule has 1 aliphatic carbocycles. The number of hydrogen-bond acceptors (Lipinski definition) is 3. The normalized spacial score (nSPS) is 18.2. The average molecular weight is 485 g/mol. The van der Waals surface area contributed by atoms with E-state index in [9.17, 15) is 9.18 Å². The average Bonchev–Trinajstić information content (AvgIpc) is 3.20. The molecule has 1 aromatic heterocycles. The third kappa shape index (κ3) is 5.68. The molecule has 0 amide bonds. The van der Waals surface area contributed by atoms with Gasteiger partial charge in [0.1, 0.15) is 18.1 Å². The number of halogens is 2. The minimum Gasteiger partial charge on any atom is -0.480 e. The fraction of sp³-hybridized carbons (Fsp3) is 0.407. The molecule has 4 rings (SSSR count). The van der Waals surface area contributed by atoms with Gasteiger partial charge in [0.25, 0.3) is 0 Å². The Bertz CT molecular complexity index is 1120. The number of ether oxygens (including phenoxy) is 1. The summed E-state index contributed by atoms with van der Waals surface area (Å²) in [5, 5.41) is 13.9. The second-order valence-corrected chi connectivity index (χ2v) is 9.40. The van der Waals surface area contributed by atoms with Crippen LogP contribution in [0.3, 0.4) is 0 Å². The monoisotopic (exact) mass is 484 g/mol. The zero-order valence-corrected chi connectivity index (χ0v) is 20.1. The van der Waals surface area contributed by atoms with Crippen LogP contribution in [0.15, 0.2) is 48.5 Å². The van der Waals surface area contributed by atoms with E-state index in [4.69, 9.17) is 26.5 Å². The SMILES string of the molecule is CCc1c(-c2ccccc2)c(-c2ccc(Cl)c(F)c2)nn1C[C@H]1CC[C@H](COCC(=O)O)CC1. The Balaban J connectivity index is 1.58. The van der Waals surface area contributed by atoms with Crippen LogP contribution in [0.1, 0.15) is 38.3 Å². The van der Waals surface area contributed by atoms with Crippen molar-refractivity contribution in [1.82, 2.24) is 9.78 Å². The third-order valence-electron chi connectivity index (χ3n) is 6.62. The van der Waals surface area contributed by atoms with Gasteiger partial charge in [0.05, 0.1) is 11.6 Å². The lowest BCUT2D eigenvalue weighted by atomic mass is 9.82. The number of carbonyl (C=O) groups is 1. The van der Waals surface area contributed by atoms with E-state index in [0.717, 1.165) is 61.2 Å². The summed E-state index contributed by atoms with van der Waals surface area (Å²) >= 11 is 5.94. The van der Waals surface area contributed by atoms with Crippen LogP contribution in [-0.4, -0.2) is 34.1 Å². The number of rotatable bonds is 9. The Kier molecular flexibility index (Phi) is 8.01. The Morgan fingerprint density at radius 2 is 1.82 bits per heavy atom. The maximum absolute atomic E-state index is 14.3. The topological polar surface area (TPSA) is 64.4 Å². The Hall–Kier alpha value is -2.70. The molecule has 0 unspecified atom stereocenters. The first kappa shape index (κ1) is 24.4. The summed E-state index contributed by atoms with van der Waals surface area (Å²) in [5.41, 5.74) is 4.74. The van der Waals surface area contributed by atoms with Crippen LogP contribution in [0.25, 0.3) is 22.4 Å². The molecule has 0 aliphatic heterocycles. The van der Waals surface area contributed by atoms with Crippen molar-refractivity contribution < 1.29 is 19.0 Å². The number of benzene rings is 2. The van der Waals surface area contributed by atoms with Crippen molar-refractivity contribution in [3.8, 4) is 22.4 Å².